The van der Waals surface area contributed by atoms with Gasteiger partial charge in [-0.3, -0.25) is 9.78 Å². The maximum absolute atomic E-state index is 12.4. The van der Waals surface area contributed by atoms with Gasteiger partial charge in [-0.1, -0.05) is 12.2 Å². The van der Waals surface area contributed by atoms with Gasteiger partial charge in [-0.25, -0.2) is 0 Å². The minimum Gasteiger partial charge on any atom is -0.392 e. The molecule has 1 amide bonds. The summed E-state index contributed by atoms with van der Waals surface area (Å²) in [6, 6.07) is 1.74. The molecule has 1 saturated heterocycles. The quantitative estimate of drug-likeness (QED) is 0.825. The molecule has 18 heavy (non-hydrogen) atoms. The molecule has 0 saturated carbocycles. The van der Waals surface area contributed by atoms with Crippen LogP contribution in [0.2, 0.25) is 0 Å². The number of amides is 1. The average Bonchev–Trinajstić information content (AvgIpc) is 2.38. The van der Waals surface area contributed by atoms with Gasteiger partial charge in [0.05, 0.1) is 16.6 Å². The molecule has 2 N–H and O–H groups in total. The Bertz CT molecular complexity index is 475. The minimum absolute atomic E-state index is 0.0244. The molecule has 96 valence electrons. The molecular weight excluding hydrogens is 246 g/mol. The number of nitrogens with zero attached hydrogens (tertiary/aromatic N) is 2. The summed E-state index contributed by atoms with van der Waals surface area (Å²) in [7, 11) is 0. The molecule has 1 unspecified atom stereocenters. The van der Waals surface area contributed by atoms with Crippen LogP contribution in [0.5, 0.6) is 0 Å². The lowest BCUT2D eigenvalue weighted by Crippen LogP contribution is -2.49. The highest BCUT2D eigenvalue weighted by molar-refractivity contribution is 7.80. The van der Waals surface area contributed by atoms with E-state index in [-0.39, 0.29) is 11.9 Å². The van der Waals surface area contributed by atoms with Crippen LogP contribution in [0.4, 0.5) is 0 Å². The van der Waals surface area contributed by atoms with Gasteiger partial charge in [0.2, 0.25) is 0 Å². The van der Waals surface area contributed by atoms with Crippen LogP contribution in [0.3, 0.4) is 0 Å². The lowest BCUT2D eigenvalue weighted by atomic mass is 10.0. The molecule has 1 aromatic heterocycles. The Labute approximate surface area is 112 Å². The maximum atomic E-state index is 12.4. The second kappa shape index (κ2) is 5.44. The van der Waals surface area contributed by atoms with Gasteiger partial charge < -0.3 is 10.6 Å². The molecule has 1 atom stereocenters. The molecule has 1 fully saturated rings. The Balaban J connectivity index is 2.23. The van der Waals surface area contributed by atoms with Gasteiger partial charge in [0.15, 0.2) is 0 Å². The van der Waals surface area contributed by atoms with Gasteiger partial charge in [0.1, 0.15) is 0 Å². The largest absolute Gasteiger partial charge is 0.392 e. The number of pyridine rings is 1. The van der Waals surface area contributed by atoms with Crippen LogP contribution in [-0.4, -0.2) is 33.4 Å². The highest BCUT2D eigenvalue weighted by atomic mass is 32.1. The molecule has 0 bridgehead atoms. The first-order chi connectivity index (χ1) is 8.59. The Morgan fingerprint density at radius 3 is 2.94 bits per heavy atom. The summed E-state index contributed by atoms with van der Waals surface area (Å²) in [4.78, 5) is 18.7. The van der Waals surface area contributed by atoms with Gasteiger partial charge >= 0.3 is 0 Å². The zero-order chi connectivity index (χ0) is 13.1. The predicted molar refractivity (Wildman–Crippen MR) is 74.4 cm³/mol. The van der Waals surface area contributed by atoms with E-state index in [1.54, 1.807) is 17.3 Å². The average molecular weight is 263 g/mol. The standard InChI is InChI=1S/C13H17N3OS/c1-9-6-10(8-15-7-9)13(17)16-5-3-2-4-11(16)12(14)18/h6-8,11H,2-5H2,1H3,(H2,14,18). The van der Waals surface area contributed by atoms with E-state index in [4.69, 9.17) is 18.0 Å². The number of hydrogen-bond donors (Lipinski definition) is 1. The summed E-state index contributed by atoms with van der Waals surface area (Å²) < 4.78 is 0. The smallest absolute Gasteiger partial charge is 0.256 e. The molecule has 0 aliphatic carbocycles. The molecule has 0 aromatic carbocycles. The van der Waals surface area contributed by atoms with E-state index < -0.39 is 0 Å². The number of thiocarbonyl (C=S) groups is 1. The van der Waals surface area contributed by atoms with Crippen LogP contribution in [0.1, 0.15) is 35.2 Å². The van der Waals surface area contributed by atoms with Crippen molar-refractivity contribution in [1.29, 1.82) is 0 Å². The topological polar surface area (TPSA) is 59.2 Å². The predicted octanol–water partition coefficient (Wildman–Crippen LogP) is 1.67. The van der Waals surface area contributed by atoms with Gasteiger partial charge in [0.25, 0.3) is 5.91 Å². The van der Waals surface area contributed by atoms with E-state index >= 15 is 0 Å². The number of nitrogens with two attached hydrogens (primary N) is 1. The fraction of sp³-hybridized carbons (Fsp3) is 0.462. The fourth-order valence-electron chi connectivity index (χ4n) is 2.31. The first-order valence-corrected chi connectivity index (χ1v) is 6.52. The van der Waals surface area contributed by atoms with E-state index in [1.807, 2.05) is 13.0 Å². The fourth-order valence-corrected chi connectivity index (χ4v) is 2.55. The van der Waals surface area contributed by atoms with Crippen LogP contribution < -0.4 is 5.73 Å². The lowest BCUT2D eigenvalue weighted by molar-refractivity contribution is 0.0681. The molecule has 1 aliphatic rings. The van der Waals surface area contributed by atoms with E-state index in [2.05, 4.69) is 4.98 Å². The van der Waals surface area contributed by atoms with Crippen molar-refractivity contribution in [2.75, 3.05) is 6.54 Å². The van der Waals surface area contributed by atoms with Crippen molar-refractivity contribution in [2.24, 2.45) is 5.73 Å². The van der Waals surface area contributed by atoms with Crippen LogP contribution in [0.25, 0.3) is 0 Å². The van der Waals surface area contributed by atoms with E-state index in [9.17, 15) is 4.79 Å². The molecule has 2 rings (SSSR count). The first kappa shape index (κ1) is 13.0. The van der Waals surface area contributed by atoms with Crippen LogP contribution in [0, 0.1) is 6.92 Å². The second-order valence-electron chi connectivity index (χ2n) is 4.66. The molecule has 4 nitrogen and oxygen atoms in total. The Morgan fingerprint density at radius 1 is 1.50 bits per heavy atom. The van der Waals surface area contributed by atoms with Crippen molar-refractivity contribution < 1.29 is 4.79 Å². The molecular formula is C13H17N3OS. The Kier molecular flexibility index (Phi) is 3.91. The first-order valence-electron chi connectivity index (χ1n) is 6.11. The number of aryl methyl sites for hydroxylation is 1. The van der Waals surface area contributed by atoms with Crippen molar-refractivity contribution >= 4 is 23.1 Å². The zero-order valence-corrected chi connectivity index (χ0v) is 11.2. The Morgan fingerprint density at radius 2 is 2.28 bits per heavy atom. The molecule has 2 heterocycles. The third-order valence-corrected chi connectivity index (χ3v) is 3.49. The zero-order valence-electron chi connectivity index (χ0n) is 10.4. The van der Waals surface area contributed by atoms with Crippen molar-refractivity contribution in [2.45, 2.75) is 32.2 Å². The number of rotatable bonds is 2. The summed E-state index contributed by atoms with van der Waals surface area (Å²) >= 11 is 5.06. The number of likely N-dealkylation sites (tertiary alicyclic amines) is 1. The summed E-state index contributed by atoms with van der Waals surface area (Å²) in [5, 5.41) is 0. The minimum atomic E-state index is -0.109. The second-order valence-corrected chi connectivity index (χ2v) is 5.13. The normalized spacial score (nSPS) is 19.6. The molecule has 0 radical (unpaired) electrons. The summed E-state index contributed by atoms with van der Waals surface area (Å²) in [6.07, 6.45) is 6.26. The highest BCUT2D eigenvalue weighted by Gasteiger charge is 2.29. The van der Waals surface area contributed by atoms with Crippen molar-refractivity contribution in [1.82, 2.24) is 9.88 Å². The van der Waals surface area contributed by atoms with E-state index in [0.29, 0.717) is 10.6 Å². The third-order valence-electron chi connectivity index (χ3n) is 3.21. The Hall–Kier alpha value is -1.49. The van der Waals surface area contributed by atoms with Crippen LogP contribution in [0.15, 0.2) is 18.5 Å². The number of carbonyl (C=O) groups is 1. The number of hydrogen-bond acceptors (Lipinski definition) is 3. The van der Waals surface area contributed by atoms with Gasteiger partial charge in [-0.2, -0.15) is 0 Å². The monoisotopic (exact) mass is 263 g/mol. The summed E-state index contributed by atoms with van der Waals surface area (Å²) in [6.45, 7) is 2.64. The number of carbonyl (C=O) groups excluding carboxylic acids is 1. The van der Waals surface area contributed by atoms with E-state index in [0.717, 1.165) is 31.4 Å². The highest BCUT2D eigenvalue weighted by Crippen LogP contribution is 2.20. The van der Waals surface area contributed by atoms with E-state index in [1.165, 1.54) is 0 Å². The molecule has 5 heteroatoms. The van der Waals surface area contributed by atoms with Gasteiger partial charge in [0, 0.05) is 18.9 Å². The lowest BCUT2D eigenvalue weighted by Gasteiger charge is -2.35. The van der Waals surface area contributed by atoms with Crippen molar-refractivity contribution in [3.05, 3.63) is 29.6 Å². The van der Waals surface area contributed by atoms with Crippen molar-refractivity contribution in [3.8, 4) is 0 Å². The summed E-state index contributed by atoms with van der Waals surface area (Å²) in [5.41, 5.74) is 7.31. The molecule has 0 spiro atoms. The van der Waals surface area contributed by atoms with Crippen LogP contribution in [-0.2, 0) is 0 Å². The summed E-state index contributed by atoms with van der Waals surface area (Å²) in [5.74, 6) is -0.0244. The van der Waals surface area contributed by atoms with Crippen molar-refractivity contribution in [3.63, 3.8) is 0 Å². The third kappa shape index (κ3) is 2.67. The number of piperidine rings is 1. The SMILES string of the molecule is Cc1cncc(C(=O)N2CCCCC2C(N)=S)c1. The van der Waals surface area contributed by atoms with Gasteiger partial charge in [-0.05, 0) is 37.8 Å². The maximum Gasteiger partial charge on any atom is 0.256 e. The number of aromatic nitrogens is 1. The van der Waals surface area contributed by atoms with Crippen LogP contribution >= 0.6 is 12.2 Å². The van der Waals surface area contributed by atoms with Gasteiger partial charge in [-0.15, -0.1) is 0 Å². The molecule has 1 aliphatic heterocycles. The molecule has 1 aromatic rings.